The van der Waals surface area contributed by atoms with Crippen molar-refractivity contribution in [2.24, 2.45) is 0 Å². The first-order valence-corrected chi connectivity index (χ1v) is 7.10. The van der Waals surface area contributed by atoms with Crippen LogP contribution in [0.3, 0.4) is 0 Å². The number of ether oxygens (including phenoxy) is 1. The Morgan fingerprint density at radius 1 is 1.37 bits per heavy atom. The molecule has 6 heteroatoms. The topological polar surface area (TPSA) is 55.6 Å². The second-order valence-corrected chi connectivity index (χ2v) is 5.06. The first kappa shape index (κ1) is 18.5. The van der Waals surface area contributed by atoms with Crippen LogP contribution in [0.1, 0.15) is 24.2 Å². The van der Waals surface area contributed by atoms with Crippen molar-refractivity contribution >= 4 is 46.7 Å². The minimum atomic E-state index is -0.286. The number of likely N-dealkylation sites (N-methyl/N-ethyl adjacent to an activating group) is 1. The summed E-state index contributed by atoms with van der Waals surface area (Å²) in [6, 6.07) is 5.18. The molecule has 0 aliphatic carbocycles. The fourth-order valence-corrected chi connectivity index (χ4v) is 2.34. The average Bonchev–Trinajstić information content (AvgIpc) is 2.34. The van der Waals surface area contributed by atoms with E-state index in [-0.39, 0.29) is 18.4 Å². The lowest BCUT2D eigenvalue weighted by atomic mass is 10.2. The van der Waals surface area contributed by atoms with Crippen LogP contribution >= 0.6 is 35.0 Å². The smallest absolute Gasteiger partial charge is 0.339 e. The molecule has 0 aromatic heterocycles. The number of benzene rings is 1. The molecule has 0 radical (unpaired) electrons. The highest BCUT2D eigenvalue weighted by Crippen LogP contribution is 2.16. The summed E-state index contributed by atoms with van der Waals surface area (Å²) < 4.78 is 6.08. The molecule has 0 saturated heterocycles. The Balaban J connectivity index is 0.00000324. The van der Waals surface area contributed by atoms with Crippen LogP contribution in [0.25, 0.3) is 0 Å². The van der Waals surface area contributed by atoms with Crippen molar-refractivity contribution in [2.75, 3.05) is 32.0 Å². The quantitative estimate of drug-likeness (QED) is 0.455. The zero-order valence-electron chi connectivity index (χ0n) is 11.2. The van der Waals surface area contributed by atoms with E-state index in [1.54, 1.807) is 18.2 Å². The number of hydrogen-bond acceptors (Lipinski definition) is 4. The maximum atomic E-state index is 11.8. The van der Waals surface area contributed by atoms with Crippen molar-refractivity contribution in [1.29, 1.82) is 0 Å². The highest BCUT2D eigenvalue weighted by Gasteiger charge is 2.11. The van der Waals surface area contributed by atoms with Gasteiger partial charge < -0.3 is 15.4 Å². The molecule has 19 heavy (non-hydrogen) atoms. The average molecular weight is 399 g/mol. The Labute approximate surface area is 134 Å². The second kappa shape index (κ2) is 9.39. The van der Waals surface area contributed by atoms with Crippen LogP contribution in [0.5, 0.6) is 0 Å². The van der Waals surface area contributed by atoms with E-state index in [4.69, 9.17) is 10.5 Å². The fourth-order valence-electron chi connectivity index (χ4n) is 1.58. The second-order valence-electron chi connectivity index (χ2n) is 3.90. The number of nitrogens with two attached hydrogens (primary N) is 1. The van der Waals surface area contributed by atoms with Gasteiger partial charge in [0, 0.05) is 15.8 Å². The highest BCUT2D eigenvalue weighted by atomic mass is 127. The van der Waals surface area contributed by atoms with E-state index in [2.05, 4.69) is 41.3 Å². The third kappa shape index (κ3) is 5.97. The van der Waals surface area contributed by atoms with Crippen molar-refractivity contribution in [3.63, 3.8) is 0 Å². The van der Waals surface area contributed by atoms with E-state index >= 15 is 0 Å². The molecule has 0 fully saturated rings. The first-order chi connectivity index (χ1) is 8.58. The van der Waals surface area contributed by atoms with Crippen molar-refractivity contribution in [3.05, 3.63) is 27.3 Å². The number of carbonyl (C=O) groups excluding carboxylic acids is 1. The lowest BCUT2D eigenvalue weighted by molar-refractivity contribution is 0.0465. The summed E-state index contributed by atoms with van der Waals surface area (Å²) in [4.78, 5) is 14.1. The van der Waals surface area contributed by atoms with Crippen molar-refractivity contribution in [3.8, 4) is 0 Å². The number of halogens is 2. The molecule has 0 aliphatic heterocycles. The monoisotopic (exact) mass is 398 g/mol. The Morgan fingerprint density at radius 3 is 2.53 bits per heavy atom. The molecule has 4 nitrogen and oxygen atoms in total. The van der Waals surface area contributed by atoms with E-state index < -0.39 is 0 Å². The lowest BCUT2D eigenvalue weighted by Crippen LogP contribution is -2.28. The molecule has 0 unspecified atom stereocenters. The van der Waals surface area contributed by atoms with Gasteiger partial charge in [-0.15, -0.1) is 12.4 Å². The van der Waals surface area contributed by atoms with Gasteiger partial charge in [0.05, 0.1) is 5.56 Å². The molecular weight excluding hydrogens is 379 g/mol. The van der Waals surface area contributed by atoms with Crippen LogP contribution in [0.4, 0.5) is 5.69 Å². The lowest BCUT2D eigenvalue weighted by Gasteiger charge is -2.17. The summed E-state index contributed by atoms with van der Waals surface area (Å²) in [5, 5.41) is 0. The van der Waals surface area contributed by atoms with Gasteiger partial charge in [0.15, 0.2) is 0 Å². The van der Waals surface area contributed by atoms with Crippen LogP contribution in [-0.4, -0.2) is 37.1 Å². The molecule has 0 bridgehead atoms. The van der Waals surface area contributed by atoms with Crippen LogP contribution in [-0.2, 0) is 4.74 Å². The Hall–Kier alpha value is -0.530. The maximum Gasteiger partial charge on any atom is 0.339 e. The third-order valence-electron chi connectivity index (χ3n) is 2.75. The number of anilines is 1. The fraction of sp³-hybridized carbons (Fsp3) is 0.462. The Bertz CT molecular complexity index is 412. The number of nitrogen functional groups attached to an aromatic ring is 1. The molecule has 0 saturated carbocycles. The zero-order valence-corrected chi connectivity index (χ0v) is 14.2. The van der Waals surface area contributed by atoms with Crippen molar-refractivity contribution in [2.45, 2.75) is 13.8 Å². The Morgan fingerprint density at radius 2 is 2.00 bits per heavy atom. The van der Waals surface area contributed by atoms with E-state index in [1.807, 2.05) is 0 Å². The maximum absolute atomic E-state index is 11.8. The molecule has 1 aromatic rings. The molecular formula is C13H20ClIN2O2. The van der Waals surface area contributed by atoms with Crippen LogP contribution in [0.2, 0.25) is 0 Å². The van der Waals surface area contributed by atoms with E-state index in [1.165, 1.54) is 0 Å². The SMILES string of the molecule is CCN(CC)CCOC(=O)c1ccc(N)cc1I.Cl. The third-order valence-corrected chi connectivity index (χ3v) is 3.64. The molecule has 0 atom stereocenters. The summed E-state index contributed by atoms with van der Waals surface area (Å²) >= 11 is 2.09. The largest absolute Gasteiger partial charge is 0.461 e. The Kier molecular flexibility index (Phi) is 9.12. The van der Waals surface area contributed by atoms with Crippen LogP contribution in [0, 0.1) is 3.57 Å². The van der Waals surface area contributed by atoms with Gasteiger partial charge in [-0.25, -0.2) is 4.79 Å². The normalized spacial score (nSPS) is 10.1. The van der Waals surface area contributed by atoms with Gasteiger partial charge in [0.2, 0.25) is 0 Å². The van der Waals surface area contributed by atoms with Crippen LogP contribution in [0.15, 0.2) is 18.2 Å². The summed E-state index contributed by atoms with van der Waals surface area (Å²) in [6.45, 7) is 7.30. The molecule has 0 spiro atoms. The van der Waals surface area contributed by atoms with Crippen molar-refractivity contribution < 1.29 is 9.53 Å². The van der Waals surface area contributed by atoms with E-state index in [0.29, 0.717) is 17.9 Å². The minimum Gasteiger partial charge on any atom is -0.461 e. The number of nitrogens with zero attached hydrogens (tertiary/aromatic N) is 1. The van der Waals surface area contributed by atoms with Gasteiger partial charge in [-0.1, -0.05) is 13.8 Å². The highest BCUT2D eigenvalue weighted by molar-refractivity contribution is 14.1. The zero-order chi connectivity index (χ0) is 13.5. The van der Waals surface area contributed by atoms with Crippen LogP contribution < -0.4 is 5.73 Å². The predicted octanol–water partition coefficient (Wildman–Crippen LogP) is 2.79. The molecule has 1 rings (SSSR count). The molecule has 0 amide bonds. The molecule has 2 N–H and O–H groups in total. The number of hydrogen-bond donors (Lipinski definition) is 1. The predicted molar refractivity (Wildman–Crippen MR) is 88.9 cm³/mol. The van der Waals surface area contributed by atoms with Gasteiger partial charge in [0.25, 0.3) is 0 Å². The summed E-state index contributed by atoms with van der Waals surface area (Å²) in [6.07, 6.45) is 0. The van der Waals surface area contributed by atoms with Gasteiger partial charge in [0.1, 0.15) is 6.61 Å². The molecule has 108 valence electrons. The summed E-state index contributed by atoms with van der Waals surface area (Å²) in [5.41, 5.74) is 6.87. The van der Waals surface area contributed by atoms with E-state index in [0.717, 1.165) is 23.2 Å². The standard InChI is InChI=1S/C13H19IN2O2.ClH/c1-3-16(4-2)7-8-18-13(17)11-6-5-10(15)9-12(11)14;/h5-6,9H,3-4,7-8,15H2,1-2H3;1H. The molecule has 1 aromatic carbocycles. The van der Waals surface area contributed by atoms with Gasteiger partial charge >= 0.3 is 5.97 Å². The first-order valence-electron chi connectivity index (χ1n) is 6.03. The summed E-state index contributed by atoms with van der Waals surface area (Å²) in [5.74, 6) is -0.286. The molecule has 0 heterocycles. The van der Waals surface area contributed by atoms with Crippen molar-refractivity contribution in [1.82, 2.24) is 4.90 Å². The van der Waals surface area contributed by atoms with Gasteiger partial charge in [-0.05, 0) is 53.9 Å². The number of rotatable bonds is 6. The summed E-state index contributed by atoms with van der Waals surface area (Å²) in [7, 11) is 0. The van der Waals surface area contributed by atoms with Gasteiger partial charge in [-0.3, -0.25) is 0 Å². The van der Waals surface area contributed by atoms with E-state index in [9.17, 15) is 4.79 Å². The number of carbonyl (C=O) groups is 1. The molecule has 0 aliphatic rings. The number of esters is 1. The minimum absolute atomic E-state index is 0. The van der Waals surface area contributed by atoms with Gasteiger partial charge in [-0.2, -0.15) is 0 Å².